The van der Waals surface area contributed by atoms with E-state index in [1.807, 2.05) is 41.9 Å². The lowest BCUT2D eigenvalue weighted by molar-refractivity contribution is -0.385. The number of hydrogen-bond acceptors (Lipinski definition) is 5. The van der Waals surface area contributed by atoms with Crippen molar-refractivity contribution in [1.82, 2.24) is 14.8 Å². The van der Waals surface area contributed by atoms with Gasteiger partial charge >= 0.3 is 0 Å². The quantitative estimate of drug-likeness (QED) is 0.366. The van der Waals surface area contributed by atoms with Crippen LogP contribution in [0.5, 0.6) is 0 Å². The SMILES string of the molecule is Cn1c(Cc2ccccc2)nnc1SCc1c(Cl)cccc1[N+](=O)[O-]. The standard InChI is InChI=1S/C17H15ClN4O2S/c1-21-16(10-12-6-3-2-4-7-12)19-20-17(21)25-11-13-14(18)8-5-9-15(13)22(23)24/h2-9H,10-11H2,1H3. The van der Waals surface area contributed by atoms with Crippen molar-refractivity contribution in [1.29, 1.82) is 0 Å². The van der Waals surface area contributed by atoms with Gasteiger partial charge in [0.05, 0.1) is 15.5 Å². The zero-order valence-corrected chi connectivity index (χ0v) is 15.0. The Balaban J connectivity index is 1.76. The number of halogens is 1. The smallest absolute Gasteiger partial charge is 0.274 e. The molecule has 0 unspecified atom stereocenters. The first-order valence-electron chi connectivity index (χ1n) is 7.53. The van der Waals surface area contributed by atoms with Gasteiger partial charge in [-0.3, -0.25) is 10.1 Å². The third-order valence-electron chi connectivity index (χ3n) is 3.77. The molecule has 0 aliphatic rings. The van der Waals surface area contributed by atoms with Crippen LogP contribution in [-0.2, 0) is 19.2 Å². The van der Waals surface area contributed by atoms with Gasteiger partial charge in [0, 0.05) is 25.3 Å². The molecule has 3 rings (SSSR count). The van der Waals surface area contributed by atoms with Crippen LogP contribution in [0.15, 0.2) is 53.7 Å². The maximum atomic E-state index is 11.2. The minimum Gasteiger partial charge on any atom is -0.309 e. The van der Waals surface area contributed by atoms with Crippen molar-refractivity contribution in [3.8, 4) is 0 Å². The largest absolute Gasteiger partial charge is 0.309 e. The van der Waals surface area contributed by atoms with Gasteiger partial charge in [-0.15, -0.1) is 10.2 Å². The summed E-state index contributed by atoms with van der Waals surface area (Å²) in [6.07, 6.45) is 0.678. The summed E-state index contributed by atoms with van der Waals surface area (Å²) in [5.74, 6) is 1.19. The number of thioether (sulfide) groups is 1. The molecule has 1 aromatic heterocycles. The third-order valence-corrected chi connectivity index (χ3v) is 5.17. The Labute approximate surface area is 154 Å². The summed E-state index contributed by atoms with van der Waals surface area (Å²) in [5, 5.41) is 20.7. The number of benzene rings is 2. The van der Waals surface area contributed by atoms with Gasteiger partial charge in [-0.1, -0.05) is 59.8 Å². The first-order chi connectivity index (χ1) is 12.1. The predicted octanol–water partition coefficient (Wildman–Crippen LogP) is 4.26. The summed E-state index contributed by atoms with van der Waals surface area (Å²) in [7, 11) is 1.89. The summed E-state index contributed by atoms with van der Waals surface area (Å²) in [6, 6.07) is 14.7. The van der Waals surface area contributed by atoms with Gasteiger partial charge in [-0.05, 0) is 11.6 Å². The number of nitrogens with zero attached hydrogens (tertiary/aromatic N) is 4. The fraction of sp³-hybridized carbons (Fsp3) is 0.176. The van der Waals surface area contributed by atoms with E-state index in [4.69, 9.17) is 11.6 Å². The normalized spacial score (nSPS) is 10.8. The Morgan fingerprint density at radius 1 is 1.16 bits per heavy atom. The molecule has 0 aliphatic carbocycles. The second kappa shape index (κ2) is 7.67. The minimum absolute atomic E-state index is 0.0201. The molecule has 0 radical (unpaired) electrons. The lowest BCUT2D eigenvalue weighted by atomic mass is 10.1. The van der Waals surface area contributed by atoms with E-state index in [2.05, 4.69) is 10.2 Å². The molecule has 6 nitrogen and oxygen atoms in total. The second-order valence-corrected chi connectivity index (χ2v) is 6.75. The van der Waals surface area contributed by atoms with Crippen LogP contribution in [0, 0.1) is 10.1 Å². The zero-order chi connectivity index (χ0) is 17.8. The van der Waals surface area contributed by atoms with Crippen LogP contribution in [0.2, 0.25) is 5.02 Å². The topological polar surface area (TPSA) is 73.8 Å². The van der Waals surface area contributed by atoms with Crippen molar-refractivity contribution in [3.63, 3.8) is 0 Å². The number of nitro benzene ring substituents is 1. The van der Waals surface area contributed by atoms with Crippen molar-refractivity contribution in [2.24, 2.45) is 7.05 Å². The van der Waals surface area contributed by atoms with Crippen LogP contribution in [0.3, 0.4) is 0 Å². The van der Waals surface area contributed by atoms with E-state index in [1.54, 1.807) is 12.1 Å². The molecule has 0 spiro atoms. The molecule has 3 aromatic rings. The number of rotatable bonds is 6. The highest BCUT2D eigenvalue weighted by atomic mass is 35.5. The number of nitro groups is 1. The van der Waals surface area contributed by atoms with Crippen molar-refractivity contribution in [3.05, 3.63) is 80.6 Å². The molecule has 0 N–H and O–H groups in total. The molecule has 25 heavy (non-hydrogen) atoms. The van der Waals surface area contributed by atoms with Gasteiger partial charge in [-0.2, -0.15) is 0 Å². The predicted molar refractivity (Wildman–Crippen MR) is 97.9 cm³/mol. The molecule has 0 atom stereocenters. The highest BCUT2D eigenvalue weighted by molar-refractivity contribution is 7.98. The molecule has 0 saturated carbocycles. The van der Waals surface area contributed by atoms with Crippen molar-refractivity contribution in [2.75, 3.05) is 0 Å². The zero-order valence-electron chi connectivity index (χ0n) is 13.4. The highest BCUT2D eigenvalue weighted by Crippen LogP contribution is 2.32. The Hall–Kier alpha value is -2.38. The van der Waals surface area contributed by atoms with Crippen LogP contribution in [-0.4, -0.2) is 19.7 Å². The Bertz CT molecular complexity index is 899. The average molecular weight is 375 g/mol. The van der Waals surface area contributed by atoms with Gasteiger partial charge in [0.2, 0.25) is 0 Å². The van der Waals surface area contributed by atoms with Crippen LogP contribution in [0.25, 0.3) is 0 Å². The lowest BCUT2D eigenvalue weighted by Gasteiger charge is -2.06. The summed E-state index contributed by atoms with van der Waals surface area (Å²) >= 11 is 7.51. The summed E-state index contributed by atoms with van der Waals surface area (Å²) in [6.45, 7) is 0. The second-order valence-electron chi connectivity index (χ2n) is 5.40. The summed E-state index contributed by atoms with van der Waals surface area (Å²) in [5.41, 5.74) is 1.66. The highest BCUT2D eigenvalue weighted by Gasteiger charge is 2.18. The maximum absolute atomic E-state index is 11.2. The van der Waals surface area contributed by atoms with Gasteiger partial charge < -0.3 is 4.57 Å². The lowest BCUT2D eigenvalue weighted by Crippen LogP contribution is -2.01. The molecule has 0 amide bonds. The van der Waals surface area contributed by atoms with Crippen molar-refractivity contribution < 1.29 is 4.92 Å². The molecule has 2 aromatic carbocycles. The van der Waals surface area contributed by atoms with Gasteiger partial charge in [0.15, 0.2) is 5.16 Å². The first kappa shape index (κ1) is 17.4. The Morgan fingerprint density at radius 2 is 1.92 bits per heavy atom. The van der Waals surface area contributed by atoms with Gasteiger partial charge in [-0.25, -0.2) is 0 Å². The number of hydrogen-bond donors (Lipinski definition) is 0. The molecule has 0 bridgehead atoms. The van der Waals surface area contributed by atoms with E-state index in [0.717, 1.165) is 11.4 Å². The number of aromatic nitrogens is 3. The minimum atomic E-state index is -0.417. The summed E-state index contributed by atoms with van der Waals surface area (Å²) < 4.78 is 1.90. The molecule has 128 valence electrons. The van der Waals surface area contributed by atoms with E-state index in [0.29, 0.717) is 27.9 Å². The molecule has 1 heterocycles. The molecular formula is C17H15ClN4O2S. The van der Waals surface area contributed by atoms with E-state index >= 15 is 0 Å². The Morgan fingerprint density at radius 3 is 2.64 bits per heavy atom. The average Bonchev–Trinajstić information content (AvgIpc) is 2.94. The third kappa shape index (κ3) is 4.00. The first-order valence-corrected chi connectivity index (χ1v) is 8.89. The Kier molecular flexibility index (Phi) is 5.35. The van der Waals surface area contributed by atoms with E-state index in [9.17, 15) is 10.1 Å². The van der Waals surface area contributed by atoms with E-state index in [1.165, 1.54) is 17.8 Å². The molecule has 0 aliphatic heterocycles. The maximum Gasteiger partial charge on any atom is 0.274 e. The van der Waals surface area contributed by atoms with Crippen LogP contribution in [0.4, 0.5) is 5.69 Å². The van der Waals surface area contributed by atoms with Crippen molar-refractivity contribution >= 4 is 29.1 Å². The van der Waals surface area contributed by atoms with Gasteiger partial charge in [0.1, 0.15) is 5.82 Å². The molecule has 0 fully saturated rings. The van der Waals surface area contributed by atoms with Crippen LogP contribution >= 0.6 is 23.4 Å². The van der Waals surface area contributed by atoms with E-state index < -0.39 is 4.92 Å². The van der Waals surface area contributed by atoms with E-state index in [-0.39, 0.29) is 5.69 Å². The van der Waals surface area contributed by atoms with Crippen LogP contribution < -0.4 is 0 Å². The van der Waals surface area contributed by atoms with Gasteiger partial charge in [0.25, 0.3) is 5.69 Å². The fourth-order valence-electron chi connectivity index (χ4n) is 2.40. The molecule has 0 saturated heterocycles. The molecule has 8 heteroatoms. The molecular weight excluding hydrogens is 360 g/mol. The van der Waals surface area contributed by atoms with Crippen molar-refractivity contribution in [2.45, 2.75) is 17.3 Å². The fourth-order valence-corrected chi connectivity index (χ4v) is 3.69. The van der Waals surface area contributed by atoms with Crippen LogP contribution in [0.1, 0.15) is 17.0 Å². The summed E-state index contributed by atoms with van der Waals surface area (Å²) in [4.78, 5) is 10.7. The monoisotopic (exact) mass is 374 g/mol.